The number of fused-ring (bicyclic) bond motifs is 6. The normalized spacial score (nSPS) is 50.2. The minimum absolute atomic E-state index is 0.164. The SMILES string of the molecule is CC1=CC(=O)[C@@H](O)[C@@]2(C)C1=C(O)C(=O)[C@]1(C)[C@H]2[C@@H](O)[C@@H]2OC(=O)[C@H]1[C@H]2C. The van der Waals surface area contributed by atoms with Gasteiger partial charge in [0.15, 0.2) is 11.5 Å². The summed E-state index contributed by atoms with van der Waals surface area (Å²) in [6.45, 7) is 6.40. The molecule has 140 valence electrons. The lowest BCUT2D eigenvalue weighted by atomic mass is 9.42. The largest absolute Gasteiger partial charge is 0.504 e. The van der Waals surface area contributed by atoms with Gasteiger partial charge in [-0.05, 0) is 18.6 Å². The van der Waals surface area contributed by atoms with E-state index in [4.69, 9.17) is 4.74 Å². The average Bonchev–Trinajstić information content (AvgIpc) is 2.80. The molecule has 2 bridgehead atoms. The second-order valence-corrected chi connectivity index (χ2v) is 8.46. The topological polar surface area (TPSA) is 121 Å². The summed E-state index contributed by atoms with van der Waals surface area (Å²) in [5, 5.41) is 32.6. The Morgan fingerprint density at radius 1 is 1.12 bits per heavy atom. The zero-order chi connectivity index (χ0) is 19.3. The first-order chi connectivity index (χ1) is 12.0. The van der Waals surface area contributed by atoms with Gasteiger partial charge in [-0.3, -0.25) is 14.4 Å². The minimum Gasteiger partial charge on any atom is -0.504 e. The predicted octanol–water partition coefficient (Wildman–Crippen LogP) is 0.452. The lowest BCUT2D eigenvalue weighted by molar-refractivity contribution is -0.182. The third kappa shape index (κ3) is 1.60. The molecule has 1 saturated carbocycles. The quantitative estimate of drug-likeness (QED) is 0.535. The first kappa shape index (κ1) is 17.4. The van der Waals surface area contributed by atoms with E-state index in [0.717, 1.165) is 0 Å². The number of ether oxygens (including phenoxy) is 1. The van der Waals surface area contributed by atoms with Gasteiger partial charge in [0.05, 0.1) is 17.4 Å². The van der Waals surface area contributed by atoms with Crippen LogP contribution in [0.2, 0.25) is 0 Å². The van der Waals surface area contributed by atoms with Crippen molar-refractivity contribution in [2.24, 2.45) is 28.6 Å². The van der Waals surface area contributed by atoms with Crippen LogP contribution in [0.4, 0.5) is 0 Å². The summed E-state index contributed by atoms with van der Waals surface area (Å²) < 4.78 is 5.34. The van der Waals surface area contributed by atoms with Gasteiger partial charge in [-0.15, -0.1) is 0 Å². The fourth-order valence-corrected chi connectivity index (χ4v) is 6.25. The fraction of sp³-hybridized carbons (Fsp3) is 0.632. The van der Waals surface area contributed by atoms with Gasteiger partial charge in [0.2, 0.25) is 5.78 Å². The number of rotatable bonds is 0. The molecule has 1 saturated heterocycles. The van der Waals surface area contributed by atoms with Crippen LogP contribution < -0.4 is 0 Å². The third-order valence-corrected chi connectivity index (χ3v) is 7.24. The van der Waals surface area contributed by atoms with E-state index in [-0.39, 0.29) is 5.57 Å². The van der Waals surface area contributed by atoms with Crippen LogP contribution in [-0.2, 0) is 19.1 Å². The van der Waals surface area contributed by atoms with E-state index >= 15 is 0 Å². The van der Waals surface area contributed by atoms with Gasteiger partial charge >= 0.3 is 5.97 Å². The van der Waals surface area contributed by atoms with Crippen molar-refractivity contribution in [2.75, 3.05) is 0 Å². The molecule has 26 heavy (non-hydrogen) atoms. The molecule has 7 nitrogen and oxygen atoms in total. The van der Waals surface area contributed by atoms with Crippen LogP contribution in [0.5, 0.6) is 0 Å². The molecule has 1 heterocycles. The monoisotopic (exact) mass is 362 g/mol. The maximum absolute atomic E-state index is 13.2. The van der Waals surface area contributed by atoms with Gasteiger partial charge in [0, 0.05) is 22.8 Å². The molecule has 1 aliphatic heterocycles. The van der Waals surface area contributed by atoms with E-state index in [0.29, 0.717) is 5.57 Å². The highest BCUT2D eigenvalue weighted by atomic mass is 16.6. The maximum Gasteiger partial charge on any atom is 0.310 e. The van der Waals surface area contributed by atoms with Crippen molar-refractivity contribution in [3.63, 3.8) is 0 Å². The number of esters is 1. The molecule has 0 unspecified atom stereocenters. The van der Waals surface area contributed by atoms with Crippen LogP contribution in [0.25, 0.3) is 0 Å². The highest BCUT2D eigenvalue weighted by molar-refractivity contribution is 6.06. The number of Topliss-reactive ketones (excluding diaryl/α,β-unsaturated/α-hetero) is 1. The summed E-state index contributed by atoms with van der Waals surface area (Å²) in [7, 11) is 0. The Bertz CT molecular complexity index is 824. The van der Waals surface area contributed by atoms with E-state index in [2.05, 4.69) is 0 Å². The Morgan fingerprint density at radius 3 is 2.35 bits per heavy atom. The Balaban J connectivity index is 2.07. The summed E-state index contributed by atoms with van der Waals surface area (Å²) in [5.74, 6) is -4.58. The molecular formula is C19H22O7. The lowest BCUT2D eigenvalue weighted by Gasteiger charge is -2.59. The molecule has 0 aromatic rings. The standard InChI is InChI=1S/C19H22O7/c1-6-5-8(20)15(23)18(3)9(6)11(21)16(24)19(4)10-7(2)13(26-17(10)25)12(22)14(18)19/h5,7,10,12-15,21-23H,1-4H3/t7-,10-,12+,13-,14+,15-,18+,19+/m1/s1. The van der Waals surface area contributed by atoms with Crippen LogP contribution >= 0.6 is 0 Å². The van der Waals surface area contributed by atoms with E-state index < -0.39 is 70.2 Å². The summed E-state index contributed by atoms with van der Waals surface area (Å²) >= 11 is 0. The van der Waals surface area contributed by atoms with Gasteiger partial charge in [0.25, 0.3) is 0 Å². The summed E-state index contributed by atoms with van der Waals surface area (Å²) in [5.41, 5.74) is -2.35. The Morgan fingerprint density at radius 2 is 1.73 bits per heavy atom. The number of aliphatic hydroxyl groups is 3. The van der Waals surface area contributed by atoms with E-state index in [9.17, 15) is 29.7 Å². The summed E-state index contributed by atoms with van der Waals surface area (Å²) in [6.07, 6.45) is -2.41. The molecule has 0 spiro atoms. The van der Waals surface area contributed by atoms with Gasteiger partial charge < -0.3 is 20.1 Å². The van der Waals surface area contributed by atoms with Gasteiger partial charge in [-0.2, -0.15) is 0 Å². The molecule has 2 fully saturated rings. The predicted molar refractivity (Wildman–Crippen MR) is 87.7 cm³/mol. The Labute approximate surface area is 150 Å². The molecular weight excluding hydrogens is 340 g/mol. The molecule has 4 rings (SSSR count). The second kappa shape index (κ2) is 4.84. The van der Waals surface area contributed by atoms with Crippen molar-refractivity contribution in [3.05, 3.63) is 23.0 Å². The number of allylic oxidation sites excluding steroid dienone is 2. The smallest absolute Gasteiger partial charge is 0.310 e. The van der Waals surface area contributed by atoms with Crippen LogP contribution in [0.1, 0.15) is 27.7 Å². The molecule has 0 radical (unpaired) electrons. The van der Waals surface area contributed by atoms with E-state index in [1.165, 1.54) is 13.0 Å². The molecule has 8 atom stereocenters. The minimum atomic E-state index is -1.54. The van der Waals surface area contributed by atoms with Crippen molar-refractivity contribution >= 4 is 17.5 Å². The van der Waals surface area contributed by atoms with Crippen LogP contribution in [0, 0.1) is 28.6 Å². The first-order valence-corrected chi connectivity index (χ1v) is 8.76. The molecule has 3 N–H and O–H groups in total. The first-order valence-electron chi connectivity index (χ1n) is 8.76. The third-order valence-electron chi connectivity index (χ3n) is 7.24. The van der Waals surface area contributed by atoms with Crippen LogP contribution in [0.15, 0.2) is 23.0 Å². The van der Waals surface area contributed by atoms with E-state index in [1.54, 1.807) is 20.8 Å². The lowest BCUT2D eigenvalue weighted by Crippen LogP contribution is -2.68. The average molecular weight is 362 g/mol. The number of carbonyl (C=O) groups excluding carboxylic acids is 3. The van der Waals surface area contributed by atoms with Crippen molar-refractivity contribution in [1.29, 1.82) is 0 Å². The van der Waals surface area contributed by atoms with Crippen molar-refractivity contribution in [1.82, 2.24) is 0 Å². The highest BCUT2D eigenvalue weighted by Gasteiger charge is 2.74. The van der Waals surface area contributed by atoms with Crippen molar-refractivity contribution < 1.29 is 34.4 Å². The number of hydrogen-bond acceptors (Lipinski definition) is 7. The zero-order valence-corrected chi connectivity index (χ0v) is 15.0. The summed E-state index contributed by atoms with van der Waals surface area (Å²) in [4.78, 5) is 38.0. The molecule has 0 amide bonds. The van der Waals surface area contributed by atoms with Crippen molar-refractivity contribution in [2.45, 2.75) is 46.0 Å². The number of carbonyl (C=O) groups is 3. The maximum atomic E-state index is 13.2. The second-order valence-electron chi connectivity index (χ2n) is 8.46. The molecule has 7 heteroatoms. The highest BCUT2D eigenvalue weighted by Crippen LogP contribution is 2.66. The number of hydrogen-bond donors (Lipinski definition) is 3. The number of ketones is 2. The molecule has 0 aromatic heterocycles. The molecule has 4 aliphatic rings. The molecule has 3 aliphatic carbocycles. The molecule has 0 aromatic carbocycles. The Hall–Kier alpha value is -1.99. The van der Waals surface area contributed by atoms with Crippen molar-refractivity contribution in [3.8, 4) is 0 Å². The van der Waals surface area contributed by atoms with Crippen LogP contribution in [-0.4, -0.2) is 51.2 Å². The van der Waals surface area contributed by atoms with Gasteiger partial charge in [0.1, 0.15) is 12.2 Å². The van der Waals surface area contributed by atoms with E-state index in [1.807, 2.05) is 0 Å². The Kier molecular flexibility index (Phi) is 3.24. The van der Waals surface area contributed by atoms with Crippen LogP contribution in [0.3, 0.4) is 0 Å². The zero-order valence-electron chi connectivity index (χ0n) is 15.0. The van der Waals surface area contributed by atoms with Gasteiger partial charge in [-0.1, -0.05) is 20.8 Å². The summed E-state index contributed by atoms with van der Waals surface area (Å²) in [6, 6.07) is 0. The fourth-order valence-electron chi connectivity index (χ4n) is 6.25. The number of aliphatic hydroxyl groups excluding tert-OH is 3. The van der Waals surface area contributed by atoms with Gasteiger partial charge in [-0.25, -0.2) is 0 Å².